The minimum absolute atomic E-state index is 0.155. The fourth-order valence-corrected chi connectivity index (χ4v) is 2.32. The van der Waals surface area contributed by atoms with Gasteiger partial charge in [0.15, 0.2) is 5.82 Å². The maximum atomic E-state index is 5.89. The molecule has 0 fully saturated rings. The van der Waals surface area contributed by atoms with Crippen LogP contribution in [-0.4, -0.2) is 10.1 Å². The molecule has 0 radical (unpaired) electrons. The number of aromatic nitrogens is 2. The van der Waals surface area contributed by atoms with Crippen molar-refractivity contribution in [2.75, 3.05) is 0 Å². The lowest BCUT2D eigenvalue weighted by atomic mass is 10.2. The number of halogens is 1. The molecule has 0 saturated heterocycles. The number of hydrogen-bond acceptors (Lipinski definition) is 5. The predicted octanol–water partition coefficient (Wildman–Crippen LogP) is 3.25. The normalized spacial score (nSPS) is 12.9. The van der Waals surface area contributed by atoms with Crippen LogP contribution < -0.4 is 5.73 Å². The first-order chi connectivity index (χ1) is 7.70. The van der Waals surface area contributed by atoms with Crippen LogP contribution in [0.2, 0.25) is 4.34 Å². The average molecular weight is 258 g/mol. The zero-order chi connectivity index (χ0) is 11.5. The molecule has 1 unspecified atom stereocenters. The maximum absolute atomic E-state index is 5.89. The zero-order valence-corrected chi connectivity index (χ0v) is 10.4. The molecule has 6 heteroatoms. The van der Waals surface area contributed by atoms with Gasteiger partial charge >= 0.3 is 0 Å². The molecule has 16 heavy (non-hydrogen) atoms. The molecule has 2 rings (SSSR count). The lowest BCUT2D eigenvalue weighted by Crippen LogP contribution is -2.11. The Kier molecular flexibility index (Phi) is 3.58. The van der Waals surface area contributed by atoms with Crippen LogP contribution in [0.3, 0.4) is 0 Å². The van der Waals surface area contributed by atoms with Gasteiger partial charge in [-0.1, -0.05) is 30.1 Å². The van der Waals surface area contributed by atoms with Gasteiger partial charge in [0.1, 0.15) is 0 Å². The molecule has 0 aliphatic heterocycles. The molecule has 0 amide bonds. The van der Waals surface area contributed by atoms with E-state index in [4.69, 9.17) is 21.9 Å². The quantitative estimate of drug-likeness (QED) is 0.913. The van der Waals surface area contributed by atoms with Crippen molar-refractivity contribution in [1.82, 2.24) is 10.1 Å². The second-order valence-electron chi connectivity index (χ2n) is 3.46. The van der Waals surface area contributed by atoms with Gasteiger partial charge in [-0.05, 0) is 18.6 Å². The molecular weight excluding hydrogens is 246 g/mol. The highest BCUT2D eigenvalue weighted by Gasteiger charge is 2.15. The number of hydrogen-bond donors (Lipinski definition) is 1. The van der Waals surface area contributed by atoms with Crippen molar-refractivity contribution in [2.24, 2.45) is 5.73 Å². The van der Waals surface area contributed by atoms with Crippen molar-refractivity contribution in [3.63, 3.8) is 0 Å². The van der Waals surface area contributed by atoms with Crippen molar-refractivity contribution in [3.05, 3.63) is 22.3 Å². The van der Waals surface area contributed by atoms with Crippen molar-refractivity contribution < 1.29 is 4.52 Å². The molecule has 0 saturated carbocycles. The van der Waals surface area contributed by atoms with E-state index < -0.39 is 0 Å². The number of nitrogens with zero attached hydrogens (tertiary/aromatic N) is 2. The Labute approximate surface area is 102 Å². The van der Waals surface area contributed by atoms with E-state index >= 15 is 0 Å². The van der Waals surface area contributed by atoms with Gasteiger partial charge in [0, 0.05) is 0 Å². The van der Waals surface area contributed by atoms with Gasteiger partial charge in [0.2, 0.25) is 0 Å². The van der Waals surface area contributed by atoms with Crippen LogP contribution in [0.25, 0.3) is 10.8 Å². The van der Waals surface area contributed by atoms with Crippen molar-refractivity contribution in [2.45, 2.75) is 25.8 Å². The smallest absolute Gasteiger partial charge is 0.268 e. The Morgan fingerprint density at radius 1 is 1.56 bits per heavy atom. The van der Waals surface area contributed by atoms with E-state index in [0.717, 1.165) is 17.7 Å². The van der Waals surface area contributed by atoms with Crippen molar-refractivity contribution in [1.29, 1.82) is 0 Å². The summed E-state index contributed by atoms with van der Waals surface area (Å²) in [7, 11) is 0. The molecule has 1 atom stereocenters. The van der Waals surface area contributed by atoms with Gasteiger partial charge in [-0.2, -0.15) is 4.98 Å². The Morgan fingerprint density at radius 2 is 2.38 bits per heavy atom. The third-order valence-corrected chi connectivity index (χ3v) is 3.38. The highest BCUT2D eigenvalue weighted by Crippen LogP contribution is 2.30. The van der Waals surface area contributed by atoms with E-state index in [1.54, 1.807) is 6.07 Å². The van der Waals surface area contributed by atoms with E-state index in [1.807, 2.05) is 6.07 Å². The Balaban J connectivity index is 2.19. The van der Waals surface area contributed by atoms with Crippen LogP contribution in [0.15, 0.2) is 16.7 Å². The number of thiophene rings is 1. The second-order valence-corrected chi connectivity index (χ2v) is 5.17. The summed E-state index contributed by atoms with van der Waals surface area (Å²) in [6.07, 6.45) is 1.85. The molecule has 86 valence electrons. The monoisotopic (exact) mass is 257 g/mol. The summed E-state index contributed by atoms with van der Waals surface area (Å²) >= 11 is 7.24. The standard InChI is InChI=1S/C10H12ClN3OS/c1-2-3-6(12)9-13-10(15-14-9)7-4-5-8(11)16-7/h4-6H,2-3,12H2,1H3. The average Bonchev–Trinajstić information content (AvgIpc) is 2.85. The van der Waals surface area contributed by atoms with E-state index in [1.165, 1.54) is 11.3 Å². The Morgan fingerprint density at radius 3 is 3.00 bits per heavy atom. The molecule has 0 aliphatic rings. The summed E-state index contributed by atoms with van der Waals surface area (Å²) in [5.41, 5.74) is 5.89. The Hall–Kier alpha value is -0.910. The first-order valence-corrected chi connectivity index (χ1v) is 6.25. The lowest BCUT2D eigenvalue weighted by Gasteiger charge is -2.02. The van der Waals surface area contributed by atoms with Crippen LogP contribution in [0, 0.1) is 0 Å². The molecule has 2 N–H and O–H groups in total. The second kappa shape index (κ2) is 4.95. The topological polar surface area (TPSA) is 64.9 Å². The minimum atomic E-state index is -0.155. The molecule has 4 nitrogen and oxygen atoms in total. The van der Waals surface area contributed by atoms with Crippen LogP contribution in [0.4, 0.5) is 0 Å². The van der Waals surface area contributed by atoms with E-state index in [2.05, 4.69) is 17.1 Å². The fraction of sp³-hybridized carbons (Fsp3) is 0.400. The summed E-state index contributed by atoms with van der Waals surface area (Å²) < 4.78 is 5.84. The molecule has 0 aliphatic carbocycles. The summed E-state index contributed by atoms with van der Waals surface area (Å²) in [5.74, 6) is 1.04. The molecule has 2 aromatic rings. The van der Waals surface area contributed by atoms with Gasteiger partial charge in [-0.15, -0.1) is 11.3 Å². The maximum Gasteiger partial charge on any atom is 0.268 e. The largest absolute Gasteiger partial charge is 0.333 e. The summed E-state index contributed by atoms with van der Waals surface area (Å²) in [6, 6.07) is 3.51. The molecule has 0 bridgehead atoms. The van der Waals surface area contributed by atoms with Crippen LogP contribution in [-0.2, 0) is 0 Å². The highest BCUT2D eigenvalue weighted by atomic mass is 35.5. The summed E-state index contributed by atoms with van der Waals surface area (Å²) in [6.45, 7) is 2.07. The fourth-order valence-electron chi connectivity index (χ4n) is 1.35. The van der Waals surface area contributed by atoms with Gasteiger partial charge in [-0.3, -0.25) is 0 Å². The molecule has 0 aromatic carbocycles. The van der Waals surface area contributed by atoms with Gasteiger partial charge in [-0.25, -0.2) is 0 Å². The van der Waals surface area contributed by atoms with Crippen molar-refractivity contribution in [3.8, 4) is 10.8 Å². The van der Waals surface area contributed by atoms with E-state index in [9.17, 15) is 0 Å². The minimum Gasteiger partial charge on any atom is -0.333 e. The lowest BCUT2D eigenvalue weighted by molar-refractivity contribution is 0.414. The van der Waals surface area contributed by atoms with Gasteiger partial charge in [0.05, 0.1) is 15.3 Å². The first kappa shape index (κ1) is 11.6. The molecule has 2 heterocycles. The zero-order valence-electron chi connectivity index (χ0n) is 8.81. The summed E-state index contributed by atoms with van der Waals surface area (Å²) in [4.78, 5) is 5.13. The van der Waals surface area contributed by atoms with Crippen molar-refractivity contribution >= 4 is 22.9 Å². The molecule has 0 spiro atoms. The van der Waals surface area contributed by atoms with Gasteiger partial charge < -0.3 is 10.3 Å². The van der Waals surface area contributed by atoms with E-state index in [-0.39, 0.29) is 6.04 Å². The molecule has 2 aromatic heterocycles. The van der Waals surface area contributed by atoms with Crippen LogP contribution in [0.1, 0.15) is 31.6 Å². The van der Waals surface area contributed by atoms with Gasteiger partial charge in [0.25, 0.3) is 5.89 Å². The molecular formula is C10H12ClN3OS. The number of rotatable bonds is 4. The van der Waals surface area contributed by atoms with Crippen LogP contribution in [0.5, 0.6) is 0 Å². The third-order valence-electron chi connectivity index (χ3n) is 2.16. The van der Waals surface area contributed by atoms with E-state index in [0.29, 0.717) is 16.1 Å². The Bertz CT molecular complexity index is 468. The predicted molar refractivity (Wildman–Crippen MR) is 64.5 cm³/mol. The number of nitrogens with two attached hydrogens (primary N) is 1. The SMILES string of the molecule is CCCC(N)c1noc(-c2ccc(Cl)s2)n1. The third kappa shape index (κ3) is 2.42. The highest BCUT2D eigenvalue weighted by molar-refractivity contribution is 7.19. The van der Waals surface area contributed by atoms with Crippen LogP contribution >= 0.6 is 22.9 Å². The first-order valence-electron chi connectivity index (χ1n) is 5.05. The summed E-state index contributed by atoms with van der Waals surface area (Å²) in [5, 5.41) is 3.87.